The fraction of sp³-hybridized carbons (Fsp3) is 0.688. The van der Waals surface area contributed by atoms with Gasteiger partial charge in [0.25, 0.3) is 0 Å². The Kier molecular flexibility index (Phi) is 4.26. The van der Waals surface area contributed by atoms with Crippen molar-refractivity contribution in [3.8, 4) is 0 Å². The zero-order valence-corrected chi connectivity index (χ0v) is 12.2. The van der Waals surface area contributed by atoms with Crippen LogP contribution in [-0.4, -0.2) is 17.6 Å². The third kappa shape index (κ3) is 2.68. The van der Waals surface area contributed by atoms with Crippen molar-refractivity contribution >= 4 is 5.69 Å². The molecule has 2 nitrogen and oxygen atoms in total. The molecule has 0 aromatic carbocycles. The van der Waals surface area contributed by atoms with Crippen LogP contribution >= 0.6 is 0 Å². The van der Waals surface area contributed by atoms with E-state index in [2.05, 4.69) is 43.6 Å². The average Bonchev–Trinajstić information content (AvgIpc) is 2.28. The Morgan fingerprint density at radius 1 is 1.11 bits per heavy atom. The van der Waals surface area contributed by atoms with Gasteiger partial charge in [-0.1, -0.05) is 20.3 Å². The van der Waals surface area contributed by atoms with E-state index in [1.54, 1.807) is 0 Å². The highest BCUT2D eigenvalue weighted by atomic mass is 15.2. The molecule has 0 amide bonds. The minimum atomic E-state index is 0.501. The van der Waals surface area contributed by atoms with Crippen LogP contribution in [0.5, 0.6) is 0 Å². The molecule has 0 bridgehead atoms. The molecule has 2 heteroatoms. The molecule has 0 radical (unpaired) electrons. The van der Waals surface area contributed by atoms with Crippen molar-refractivity contribution in [1.82, 2.24) is 4.98 Å². The predicted octanol–water partition coefficient (Wildman–Crippen LogP) is 4.15. The zero-order chi connectivity index (χ0) is 13.1. The van der Waals surface area contributed by atoms with Crippen LogP contribution in [0.1, 0.15) is 64.1 Å². The molecule has 1 aromatic heterocycles. The first-order chi connectivity index (χ1) is 8.61. The molecule has 0 unspecified atom stereocenters. The van der Waals surface area contributed by atoms with Crippen molar-refractivity contribution in [2.75, 3.05) is 11.4 Å². The van der Waals surface area contributed by atoms with Gasteiger partial charge in [-0.2, -0.15) is 0 Å². The largest absolute Gasteiger partial charge is 0.367 e. The van der Waals surface area contributed by atoms with Gasteiger partial charge in [0.1, 0.15) is 0 Å². The van der Waals surface area contributed by atoms with E-state index in [1.165, 1.54) is 49.2 Å². The fourth-order valence-corrected chi connectivity index (χ4v) is 2.87. The van der Waals surface area contributed by atoms with Crippen LogP contribution in [-0.2, 0) is 6.42 Å². The molecule has 0 fully saturated rings. The molecule has 1 aliphatic heterocycles. The minimum Gasteiger partial charge on any atom is -0.367 e. The summed E-state index contributed by atoms with van der Waals surface area (Å²) < 4.78 is 0. The summed E-state index contributed by atoms with van der Waals surface area (Å²) in [4.78, 5) is 7.22. The first-order valence-electron chi connectivity index (χ1n) is 7.35. The number of hydrogen-bond acceptors (Lipinski definition) is 2. The first-order valence-corrected chi connectivity index (χ1v) is 7.35. The molecule has 18 heavy (non-hydrogen) atoms. The van der Waals surface area contributed by atoms with Gasteiger partial charge in [0, 0.05) is 18.8 Å². The van der Waals surface area contributed by atoms with E-state index < -0.39 is 0 Å². The average molecular weight is 246 g/mol. The summed E-state index contributed by atoms with van der Waals surface area (Å²) >= 11 is 0. The summed E-state index contributed by atoms with van der Waals surface area (Å²) in [5.74, 6) is 0.501. The van der Waals surface area contributed by atoms with Crippen molar-refractivity contribution in [3.05, 3.63) is 23.5 Å². The van der Waals surface area contributed by atoms with Gasteiger partial charge in [0.15, 0.2) is 0 Å². The Labute approximate surface area is 111 Å². The zero-order valence-electron chi connectivity index (χ0n) is 12.2. The smallest absolute Gasteiger partial charge is 0.0664 e. The molecule has 0 aliphatic carbocycles. The van der Waals surface area contributed by atoms with Gasteiger partial charge in [-0.15, -0.1) is 0 Å². The van der Waals surface area contributed by atoms with Crippen molar-refractivity contribution in [2.45, 2.75) is 65.3 Å². The van der Waals surface area contributed by atoms with Crippen molar-refractivity contribution in [1.29, 1.82) is 0 Å². The van der Waals surface area contributed by atoms with Crippen LogP contribution in [0.3, 0.4) is 0 Å². The Balaban J connectivity index is 2.51. The number of anilines is 1. The van der Waals surface area contributed by atoms with Gasteiger partial charge in [-0.3, -0.25) is 4.98 Å². The van der Waals surface area contributed by atoms with Crippen LogP contribution in [0.2, 0.25) is 0 Å². The Morgan fingerprint density at radius 2 is 1.89 bits per heavy atom. The molecule has 0 saturated carbocycles. The van der Waals surface area contributed by atoms with E-state index in [0.717, 1.165) is 0 Å². The molecular formula is C16H26N2. The van der Waals surface area contributed by atoms with Crippen LogP contribution in [0.25, 0.3) is 0 Å². The molecule has 1 aromatic rings. The van der Waals surface area contributed by atoms with Gasteiger partial charge in [-0.05, 0) is 50.7 Å². The van der Waals surface area contributed by atoms with Crippen LogP contribution in [0.15, 0.2) is 12.3 Å². The molecule has 0 spiro atoms. The molecule has 0 N–H and O–H groups in total. The van der Waals surface area contributed by atoms with Gasteiger partial charge in [0.05, 0.1) is 11.4 Å². The Hall–Kier alpha value is -1.05. The van der Waals surface area contributed by atoms with Gasteiger partial charge in [0.2, 0.25) is 0 Å². The highest BCUT2D eigenvalue weighted by molar-refractivity contribution is 5.59. The third-order valence-electron chi connectivity index (χ3n) is 3.84. The number of rotatable bonds is 2. The molecule has 100 valence electrons. The van der Waals surface area contributed by atoms with Crippen LogP contribution in [0, 0.1) is 0 Å². The number of pyridine rings is 1. The lowest BCUT2D eigenvalue weighted by molar-refractivity contribution is 0.587. The topological polar surface area (TPSA) is 16.1 Å². The van der Waals surface area contributed by atoms with E-state index >= 15 is 0 Å². The fourth-order valence-electron chi connectivity index (χ4n) is 2.87. The lowest BCUT2D eigenvalue weighted by atomic mass is 9.96. The van der Waals surface area contributed by atoms with Gasteiger partial charge < -0.3 is 4.90 Å². The third-order valence-corrected chi connectivity index (χ3v) is 3.84. The van der Waals surface area contributed by atoms with Gasteiger partial charge in [-0.25, -0.2) is 0 Å². The number of hydrogen-bond donors (Lipinski definition) is 0. The second kappa shape index (κ2) is 5.73. The molecule has 2 heterocycles. The summed E-state index contributed by atoms with van der Waals surface area (Å²) in [7, 11) is 0. The predicted molar refractivity (Wildman–Crippen MR) is 78.4 cm³/mol. The molecular weight excluding hydrogens is 220 g/mol. The van der Waals surface area contributed by atoms with E-state index in [9.17, 15) is 0 Å². The highest BCUT2D eigenvalue weighted by Gasteiger charge is 2.21. The highest BCUT2D eigenvalue weighted by Crippen LogP contribution is 2.33. The second-order valence-corrected chi connectivity index (χ2v) is 5.96. The van der Waals surface area contributed by atoms with Crippen LogP contribution in [0.4, 0.5) is 5.69 Å². The first kappa shape index (κ1) is 13.4. The number of fused-ring (bicyclic) bond motifs is 1. The van der Waals surface area contributed by atoms with Crippen molar-refractivity contribution in [2.24, 2.45) is 0 Å². The SMILES string of the molecule is CC(C)c1nccc2c1N(C(C)C)CCCCC2. The summed E-state index contributed by atoms with van der Waals surface area (Å²) in [6.45, 7) is 10.3. The summed E-state index contributed by atoms with van der Waals surface area (Å²) in [6.07, 6.45) is 7.18. The standard InChI is InChI=1S/C16H26N2/c1-12(2)15-16-14(9-10-17-15)8-6-5-7-11-18(16)13(3)4/h9-10,12-13H,5-8,11H2,1-4H3. The number of aromatic nitrogens is 1. The van der Waals surface area contributed by atoms with Crippen LogP contribution < -0.4 is 4.90 Å². The van der Waals surface area contributed by atoms with E-state index in [1.807, 2.05) is 6.20 Å². The maximum atomic E-state index is 4.65. The molecule has 0 atom stereocenters. The van der Waals surface area contributed by atoms with Crippen molar-refractivity contribution < 1.29 is 0 Å². The van der Waals surface area contributed by atoms with E-state index in [-0.39, 0.29) is 0 Å². The maximum Gasteiger partial charge on any atom is 0.0664 e. The maximum absolute atomic E-state index is 4.65. The van der Waals surface area contributed by atoms with Gasteiger partial charge >= 0.3 is 0 Å². The normalized spacial score (nSPS) is 16.7. The minimum absolute atomic E-state index is 0.501. The van der Waals surface area contributed by atoms with Crippen molar-refractivity contribution in [3.63, 3.8) is 0 Å². The Bertz CT molecular complexity index is 396. The van der Waals surface area contributed by atoms with E-state index in [4.69, 9.17) is 0 Å². The summed E-state index contributed by atoms with van der Waals surface area (Å²) in [5.41, 5.74) is 4.22. The summed E-state index contributed by atoms with van der Waals surface area (Å²) in [5, 5.41) is 0. The number of nitrogens with zero attached hydrogens (tertiary/aromatic N) is 2. The lowest BCUT2D eigenvalue weighted by Crippen LogP contribution is -2.34. The lowest BCUT2D eigenvalue weighted by Gasteiger charge is -2.34. The second-order valence-electron chi connectivity index (χ2n) is 5.96. The molecule has 1 aliphatic rings. The summed E-state index contributed by atoms with van der Waals surface area (Å²) in [6, 6.07) is 2.78. The van der Waals surface area contributed by atoms with E-state index in [0.29, 0.717) is 12.0 Å². The molecule has 0 saturated heterocycles. The quantitative estimate of drug-likeness (QED) is 0.779. The number of aryl methyl sites for hydroxylation is 1. The Morgan fingerprint density at radius 3 is 2.56 bits per heavy atom. The monoisotopic (exact) mass is 246 g/mol. The molecule has 2 rings (SSSR count).